The fraction of sp³-hybridized carbons (Fsp3) is 0.385. The van der Waals surface area contributed by atoms with Crippen LogP contribution in [0.5, 0.6) is 0 Å². The minimum Gasteiger partial charge on any atom is -0.465 e. The van der Waals surface area contributed by atoms with Gasteiger partial charge in [-0.05, 0) is 68.6 Å². The third-order valence-corrected chi connectivity index (χ3v) is 6.09. The summed E-state index contributed by atoms with van der Waals surface area (Å²) in [7, 11) is 1.34. The number of nitrogens with one attached hydrogen (secondary N) is 2. The first kappa shape index (κ1) is 22.1. The van der Waals surface area contributed by atoms with Crippen LogP contribution in [0.15, 0.2) is 48.5 Å². The standard InChI is InChI=1S/C26H31N3O3/c1-32-26(31)20-10-13-22-23(25(30)28-24(22)17-20)7-3-4-14-27-21-11-8-19(9-12-21)18-29-15-5-2-6-16-29/h7-13,17,27H,2-6,14-16,18H2,1H3,(H,28,30). The van der Waals surface area contributed by atoms with Crippen molar-refractivity contribution in [2.45, 2.75) is 38.6 Å². The normalized spacial score (nSPS) is 17.2. The average molecular weight is 434 g/mol. The molecule has 6 nitrogen and oxygen atoms in total. The third-order valence-electron chi connectivity index (χ3n) is 6.09. The van der Waals surface area contributed by atoms with E-state index in [1.54, 1.807) is 18.2 Å². The molecule has 2 aliphatic rings. The summed E-state index contributed by atoms with van der Waals surface area (Å²) in [6.45, 7) is 4.30. The Labute approximate surface area is 189 Å². The van der Waals surface area contributed by atoms with E-state index >= 15 is 0 Å². The predicted molar refractivity (Wildman–Crippen MR) is 128 cm³/mol. The van der Waals surface area contributed by atoms with E-state index in [1.807, 2.05) is 6.08 Å². The number of likely N-dealkylation sites (tertiary alicyclic amines) is 1. The lowest BCUT2D eigenvalue weighted by atomic mass is 10.0. The number of piperidine rings is 1. The highest BCUT2D eigenvalue weighted by Gasteiger charge is 2.24. The molecule has 0 bridgehead atoms. The second kappa shape index (κ2) is 10.5. The topological polar surface area (TPSA) is 70.7 Å². The molecular weight excluding hydrogens is 402 g/mol. The highest BCUT2D eigenvalue weighted by molar-refractivity contribution is 6.31. The number of benzene rings is 2. The van der Waals surface area contributed by atoms with Crippen LogP contribution < -0.4 is 10.6 Å². The lowest BCUT2D eigenvalue weighted by Gasteiger charge is -2.26. The molecule has 0 unspecified atom stereocenters. The van der Waals surface area contributed by atoms with Gasteiger partial charge in [0, 0.05) is 35.6 Å². The van der Waals surface area contributed by atoms with Crippen LogP contribution in [0.2, 0.25) is 0 Å². The van der Waals surface area contributed by atoms with Crippen LogP contribution in [0.3, 0.4) is 0 Å². The van der Waals surface area contributed by atoms with Crippen molar-refractivity contribution in [2.24, 2.45) is 0 Å². The van der Waals surface area contributed by atoms with E-state index < -0.39 is 5.97 Å². The molecule has 4 rings (SSSR count). The molecule has 2 heterocycles. The number of hydrogen-bond acceptors (Lipinski definition) is 5. The van der Waals surface area contributed by atoms with Crippen molar-refractivity contribution in [2.75, 3.05) is 37.4 Å². The van der Waals surface area contributed by atoms with Crippen LogP contribution in [0, 0.1) is 0 Å². The molecular formula is C26H31N3O3. The van der Waals surface area contributed by atoms with E-state index in [2.05, 4.69) is 39.8 Å². The van der Waals surface area contributed by atoms with Crippen LogP contribution in [0.4, 0.5) is 11.4 Å². The number of methoxy groups -OCH3 is 1. The molecule has 32 heavy (non-hydrogen) atoms. The summed E-state index contributed by atoms with van der Waals surface area (Å²) in [4.78, 5) is 26.5. The molecule has 6 heteroatoms. The van der Waals surface area contributed by atoms with Crippen molar-refractivity contribution in [3.63, 3.8) is 0 Å². The molecule has 0 saturated carbocycles. The van der Waals surface area contributed by atoms with Crippen molar-refractivity contribution in [3.8, 4) is 0 Å². The van der Waals surface area contributed by atoms with Crippen LogP contribution in [0.25, 0.3) is 5.57 Å². The Kier molecular flexibility index (Phi) is 7.22. The first-order valence-corrected chi connectivity index (χ1v) is 11.4. The van der Waals surface area contributed by atoms with Gasteiger partial charge in [0.25, 0.3) is 5.91 Å². The fourth-order valence-electron chi connectivity index (χ4n) is 4.33. The summed E-state index contributed by atoms with van der Waals surface area (Å²) in [6, 6.07) is 13.9. The lowest BCUT2D eigenvalue weighted by Crippen LogP contribution is -2.29. The second-order valence-corrected chi connectivity index (χ2v) is 8.43. The summed E-state index contributed by atoms with van der Waals surface area (Å²) >= 11 is 0. The molecule has 2 N–H and O–H groups in total. The summed E-state index contributed by atoms with van der Waals surface area (Å²) in [5.74, 6) is -0.538. The van der Waals surface area contributed by atoms with Gasteiger partial charge in [-0.1, -0.05) is 30.7 Å². The van der Waals surface area contributed by atoms with Gasteiger partial charge in [-0.2, -0.15) is 0 Å². The van der Waals surface area contributed by atoms with Gasteiger partial charge in [-0.15, -0.1) is 0 Å². The van der Waals surface area contributed by atoms with Crippen molar-refractivity contribution in [1.82, 2.24) is 4.90 Å². The van der Waals surface area contributed by atoms with E-state index in [4.69, 9.17) is 4.74 Å². The number of ether oxygens (including phenoxy) is 1. The molecule has 0 aromatic heterocycles. The molecule has 1 saturated heterocycles. The van der Waals surface area contributed by atoms with Crippen LogP contribution in [-0.2, 0) is 16.1 Å². The summed E-state index contributed by atoms with van der Waals surface area (Å²) < 4.78 is 4.74. The van der Waals surface area contributed by atoms with E-state index in [9.17, 15) is 9.59 Å². The van der Waals surface area contributed by atoms with Crippen molar-refractivity contribution in [3.05, 3.63) is 65.2 Å². The van der Waals surface area contributed by atoms with Crippen molar-refractivity contribution in [1.29, 1.82) is 0 Å². The maximum atomic E-state index is 12.3. The monoisotopic (exact) mass is 433 g/mol. The van der Waals surface area contributed by atoms with Crippen LogP contribution in [-0.4, -0.2) is 43.5 Å². The number of fused-ring (bicyclic) bond motifs is 1. The summed E-state index contributed by atoms with van der Waals surface area (Å²) in [5.41, 5.74) is 5.08. The number of rotatable bonds is 8. The Balaban J connectivity index is 1.25. The number of allylic oxidation sites excluding steroid dienone is 1. The lowest BCUT2D eigenvalue weighted by molar-refractivity contribution is -0.110. The first-order valence-electron chi connectivity index (χ1n) is 11.4. The minimum absolute atomic E-state index is 0.126. The number of amides is 1. The Hall–Kier alpha value is -3.12. The molecule has 2 aromatic carbocycles. The third kappa shape index (κ3) is 5.37. The molecule has 0 spiro atoms. The molecule has 0 atom stereocenters. The quantitative estimate of drug-likeness (QED) is 0.359. The highest BCUT2D eigenvalue weighted by Crippen LogP contribution is 2.33. The number of carbonyl (C=O) groups is 2. The number of anilines is 2. The number of hydrogen-bond donors (Lipinski definition) is 2. The zero-order valence-corrected chi connectivity index (χ0v) is 18.7. The SMILES string of the molecule is COC(=O)c1ccc2c(c1)NC(=O)C2=CCCCNc1ccc(CN2CCCCC2)cc1. The Morgan fingerprint density at radius 1 is 1.12 bits per heavy atom. The largest absolute Gasteiger partial charge is 0.465 e. The smallest absolute Gasteiger partial charge is 0.337 e. The number of carbonyl (C=O) groups excluding carboxylic acids is 2. The van der Waals surface area contributed by atoms with E-state index in [0.29, 0.717) is 16.8 Å². The fourth-order valence-corrected chi connectivity index (χ4v) is 4.33. The zero-order valence-electron chi connectivity index (χ0n) is 18.7. The minimum atomic E-state index is -0.412. The Morgan fingerprint density at radius 3 is 2.66 bits per heavy atom. The van der Waals surface area contributed by atoms with Gasteiger partial charge in [-0.25, -0.2) is 4.79 Å². The van der Waals surface area contributed by atoms with Crippen molar-refractivity contribution >= 4 is 28.8 Å². The van der Waals surface area contributed by atoms with Gasteiger partial charge in [0.15, 0.2) is 0 Å². The van der Waals surface area contributed by atoms with Crippen molar-refractivity contribution < 1.29 is 14.3 Å². The maximum absolute atomic E-state index is 12.3. The average Bonchev–Trinajstić information content (AvgIpc) is 3.14. The van der Waals surface area contributed by atoms with E-state index in [-0.39, 0.29) is 5.91 Å². The Morgan fingerprint density at radius 2 is 1.91 bits per heavy atom. The molecule has 168 valence electrons. The number of esters is 1. The van der Waals surface area contributed by atoms with Gasteiger partial charge < -0.3 is 15.4 Å². The highest BCUT2D eigenvalue weighted by atomic mass is 16.5. The summed E-state index contributed by atoms with van der Waals surface area (Å²) in [6.07, 6.45) is 7.68. The van der Waals surface area contributed by atoms with Gasteiger partial charge >= 0.3 is 5.97 Å². The predicted octanol–water partition coefficient (Wildman–Crippen LogP) is 4.69. The summed E-state index contributed by atoms with van der Waals surface area (Å²) in [5, 5.41) is 6.30. The number of unbranched alkanes of at least 4 members (excludes halogenated alkanes) is 1. The second-order valence-electron chi connectivity index (χ2n) is 8.43. The maximum Gasteiger partial charge on any atom is 0.337 e. The Bertz CT molecular complexity index is 992. The first-order chi connectivity index (χ1) is 15.6. The molecule has 1 fully saturated rings. The molecule has 1 amide bonds. The van der Waals surface area contributed by atoms with E-state index in [0.717, 1.165) is 37.2 Å². The van der Waals surface area contributed by atoms with Gasteiger partial charge in [0.1, 0.15) is 0 Å². The van der Waals surface area contributed by atoms with Gasteiger partial charge in [0.2, 0.25) is 0 Å². The van der Waals surface area contributed by atoms with E-state index in [1.165, 1.54) is 45.0 Å². The molecule has 0 radical (unpaired) electrons. The molecule has 0 aliphatic carbocycles. The molecule has 2 aromatic rings. The van der Waals surface area contributed by atoms with Gasteiger partial charge in [0.05, 0.1) is 12.7 Å². The van der Waals surface area contributed by atoms with Gasteiger partial charge in [-0.3, -0.25) is 9.69 Å². The van der Waals surface area contributed by atoms with Crippen LogP contribution >= 0.6 is 0 Å². The number of nitrogens with zero attached hydrogens (tertiary/aromatic N) is 1. The van der Waals surface area contributed by atoms with Crippen LogP contribution in [0.1, 0.15) is 53.6 Å². The molecule has 2 aliphatic heterocycles. The zero-order chi connectivity index (χ0) is 22.3.